The molecule has 28 heavy (non-hydrogen) atoms. The number of nitrogens with two attached hydrogens (primary N) is 3. The quantitative estimate of drug-likeness (QED) is 0.287. The first kappa shape index (κ1) is 23.2. The number of benzene rings is 2. The third kappa shape index (κ3) is 5.10. The van der Waals surface area contributed by atoms with Gasteiger partial charge in [-0.1, -0.05) is 31.2 Å². The largest absolute Gasteiger partial charge is 0.496 e. The maximum Gasteiger partial charge on any atom is 0.269 e. The van der Waals surface area contributed by atoms with Gasteiger partial charge in [0.25, 0.3) is 5.91 Å². The number of methoxy groups -OCH3 is 1. The van der Waals surface area contributed by atoms with Crippen molar-refractivity contribution in [1.82, 2.24) is 5.32 Å². The highest BCUT2D eigenvalue weighted by Gasteiger charge is 2.19. The highest BCUT2D eigenvalue weighted by molar-refractivity contribution is 7.79. The average Bonchev–Trinajstić information content (AvgIpc) is 2.72. The van der Waals surface area contributed by atoms with Crippen molar-refractivity contribution in [2.24, 2.45) is 11.5 Å². The number of para-hydroxylation sites is 1. The summed E-state index contributed by atoms with van der Waals surface area (Å²) in [7, 11) is 1.45. The Balaban J connectivity index is 0.00000190. The SMILES string of the molecule is CCCNC(=O)/C(N)=C(\N)c1cccc(-c2c(F)cccc2OC)c1N.CS. The Morgan fingerprint density at radius 1 is 1.18 bits per heavy atom. The van der Waals surface area contributed by atoms with Crippen LogP contribution in [0, 0.1) is 5.82 Å². The Hall–Kier alpha value is -2.87. The molecule has 0 saturated carbocycles. The zero-order valence-corrected chi connectivity index (χ0v) is 17.1. The third-order valence-corrected chi connectivity index (χ3v) is 3.93. The zero-order chi connectivity index (χ0) is 21.3. The van der Waals surface area contributed by atoms with E-state index in [4.69, 9.17) is 21.9 Å². The second kappa shape index (κ2) is 11.1. The highest BCUT2D eigenvalue weighted by atomic mass is 32.1. The number of carbonyl (C=O) groups excluding carboxylic acids is 1. The monoisotopic (exact) mass is 406 g/mol. The van der Waals surface area contributed by atoms with Crippen LogP contribution >= 0.6 is 12.6 Å². The molecule has 0 aliphatic rings. The second-order valence-corrected chi connectivity index (χ2v) is 5.67. The first-order valence-corrected chi connectivity index (χ1v) is 9.51. The molecule has 0 unspecified atom stereocenters. The molecule has 0 radical (unpaired) electrons. The number of nitrogens with one attached hydrogen (secondary N) is 1. The molecule has 2 aromatic carbocycles. The van der Waals surface area contributed by atoms with E-state index >= 15 is 0 Å². The van der Waals surface area contributed by atoms with Gasteiger partial charge in [-0.2, -0.15) is 12.6 Å². The number of carbonyl (C=O) groups is 1. The van der Waals surface area contributed by atoms with E-state index in [1.165, 1.54) is 13.2 Å². The van der Waals surface area contributed by atoms with Crippen molar-refractivity contribution in [2.45, 2.75) is 13.3 Å². The van der Waals surface area contributed by atoms with E-state index in [1.54, 1.807) is 36.6 Å². The molecule has 1 amide bonds. The summed E-state index contributed by atoms with van der Waals surface area (Å²) >= 11 is 3.53. The van der Waals surface area contributed by atoms with Gasteiger partial charge in [-0.3, -0.25) is 4.79 Å². The van der Waals surface area contributed by atoms with E-state index in [0.29, 0.717) is 23.4 Å². The predicted octanol–water partition coefficient (Wildman–Crippen LogP) is 2.74. The molecular formula is C20H27FN4O2S. The Bertz CT molecular complexity index is 856. The van der Waals surface area contributed by atoms with Gasteiger partial charge in [0.05, 0.1) is 18.4 Å². The molecule has 0 bridgehead atoms. The van der Waals surface area contributed by atoms with Crippen LogP contribution in [0.1, 0.15) is 18.9 Å². The first-order chi connectivity index (χ1) is 13.4. The lowest BCUT2D eigenvalue weighted by molar-refractivity contribution is -0.117. The fourth-order valence-corrected chi connectivity index (χ4v) is 2.56. The number of nitrogen functional groups attached to an aromatic ring is 1. The molecule has 0 atom stereocenters. The number of rotatable bonds is 6. The van der Waals surface area contributed by atoms with Gasteiger partial charge in [0.15, 0.2) is 0 Å². The molecule has 8 heteroatoms. The Morgan fingerprint density at radius 2 is 1.82 bits per heavy atom. The maximum atomic E-state index is 14.4. The molecule has 0 aliphatic heterocycles. The van der Waals surface area contributed by atoms with Crippen molar-refractivity contribution in [1.29, 1.82) is 0 Å². The topological polar surface area (TPSA) is 116 Å². The molecular weight excluding hydrogens is 379 g/mol. The summed E-state index contributed by atoms with van der Waals surface area (Å²) in [4.78, 5) is 12.0. The van der Waals surface area contributed by atoms with Crippen LogP contribution < -0.4 is 27.3 Å². The lowest BCUT2D eigenvalue weighted by Gasteiger charge is -2.16. The zero-order valence-electron chi connectivity index (χ0n) is 16.3. The summed E-state index contributed by atoms with van der Waals surface area (Å²) in [5.41, 5.74) is 19.2. The maximum absolute atomic E-state index is 14.4. The van der Waals surface area contributed by atoms with Crippen LogP contribution in [0.2, 0.25) is 0 Å². The van der Waals surface area contributed by atoms with Crippen LogP contribution in [0.25, 0.3) is 16.8 Å². The molecule has 0 heterocycles. The van der Waals surface area contributed by atoms with Crippen LogP contribution in [-0.2, 0) is 4.79 Å². The van der Waals surface area contributed by atoms with Crippen LogP contribution in [0.4, 0.5) is 10.1 Å². The molecule has 0 aliphatic carbocycles. The van der Waals surface area contributed by atoms with Crippen molar-refractivity contribution in [3.05, 3.63) is 53.5 Å². The summed E-state index contributed by atoms with van der Waals surface area (Å²) in [6.45, 7) is 2.40. The fourth-order valence-electron chi connectivity index (χ4n) is 2.56. The Morgan fingerprint density at radius 3 is 2.43 bits per heavy atom. The number of anilines is 1. The third-order valence-electron chi connectivity index (χ3n) is 3.93. The summed E-state index contributed by atoms with van der Waals surface area (Å²) in [6.07, 6.45) is 2.46. The highest BCUT2D eigenvalue weighted by Crippen LogP contribution is 2.38. The number of halogens is 1. The van der Waals surface area contributed by atoms with Gasteiger partial charge in [0.2, 0.25) is 0 Å². The normalized spacial score (nSPS) is 11.0. The summed E-state index contributed by atoms with van der Waals surface area (Å²) < 4.78 is 19.6. The number of amides is 1. The molecule has 0 spiro atoms. The Labute approximate surface area is 170 Å². The summed E-state index contributed by atoms with van der Waals surface area (Å²) in [5.74, 6) is -0.618. The van der Waals surface area contributed by atoms with Crippen molar-refractivity contribution < 1.29 is 13.9 Å². The summed E-state index contributed by atoms with van der Waals surface area (Å²) in [5, 5.41) is 2.65. The first-order valence-electron chi connectivity index (χ1n) is 8.62. The molecule has 0 saturated heterocycles. The van der Waals surface area contributed by atoms with E-state index in [0.717, 1.165) is 6.42 Å². The molecule has 0 aromatic heterocycles. The van der Waals surface area contributed by atoms with Crippen molar-refractivity contribution in [2.75, 3.05) is 25.6 Å². The molecule has 7 N–H and O–H groups in total. The van der Waals surface area contributed by atoms with Crippen LogP contribution in [0.5, 0.6) is 5.75 Å². The number of hydrogen-bond donors (Lipinski definition) is 5. The number of hydrogen-bond acceptors (Lipinski definition) is 6. The van der Waals surface area contributed by atoms with Gasteiger partial charge >= 0.3 is 0 Å². The van der Waals surface area contributed by atoms with Crippen molar-refractivity contribution >= 4 is 29.9 Å². The number of ether oxygens (including phenoxy) is 1. The van der Waals surface area contributed by atoms with E-state index in [9.17, 15) is 9.18 Å². The van der Waals surface area contributed by atoms with Gasteiger partial charge < -0.3 is 27.3 Å². The van der Waals surface area contributed by atoms with Gasteiger partial charge in [-0.15, -0.1) is 0 Å². The van der Waals surface area contributed by atoms with Gasteiger partial charge in [0.1, 0.15) is 17.3 Å². The smallest absolute Gasteiger partial charge is 0.269 e. The molecule has 0 fully saturated rings. The molecule has 2 aromatic rings. The standard InChI is InChI=1S/C19H23FN4O2.CH4S/c1-3-10-24-19(25)18(23)17(22)12-7-4-6-11(16(12)21)15-13(20)8-5-9-14(15)26-2;1-2/h4-9H,3,10,21-23H2,1-2H3,(H,24,25);2H,1H3/b18-17+;. The fraction of sp³-hybridized carbons (Fsp3) is 0.250. The number of thiol groups is 1. The van der Waals surface area contributed by atoms with Crippen LogP contribution in [0.15, 0.2) is 42.1 Å². The van der Waals surface area contributed by atoms with Gasteiger partial charge in [0, 0.05) is 23.4 Å². The van der Waals surface area contributed by atoms with Gasteiger partial charge in [-0.25, -0.2) is 4.39 Å². The van der Waals surface area contributed by atoms with Crippen molar-refractivity contribution in [3.63, 3.8) is 0 Å². The summed E-state index contributed by atoms with van der Waals surface area (Å²) in [6, 6.07) is 9.44. The minimum Gasteiger partial charge on any atom is -0.496 e. The van der Waals surface area contributed by atoms with E-state index in [2.05, 4.69) is 17.9 Å². The predicted molar refractivity (Wildman–Crippen MR) is 116 cm³/mol. The lowest BCUT2D eigenvalue weighted by Crippen LogP contribution is -2.31. The lowest BCUT2D eigenvalue weighted by atomic mass is 9.97. The minimum atomic E-state index is -0.482. The second-order valence-electron chi connectivity index (χ2n) is 5.67. The van der Waals surface area contributed by atoms with Crippen molar-refractivity contribution in [3.8, 4) is 16.9 Å². The van der Waals surface area contributed by atoms with E-state index in [1.807, 2.05) is 6.92 Å². The molecule has 6 nitrogen and oxygen atoms in total. The Kier molecular flexibility index (Phi) is 9.17. The minimum absolute atomic E-state index is 0.0354. The van der Waals surface area contributed by atoms with E-state index in [-0.39, 0.29) is 22.6 Å². The van der Waals surface area contributed by atoms with E-state index < -0.39 is 11.7 Å². The van der Waals surface area contributed by atoms with Crippen LogP contribution in [0.3, 0.4) is 0 Å². The van der Waals surface area contributed by atoms with Crippen LogP contribution in [-0.4, -0.2) is 25.8 Å². The van der Waals surface area contributed by atoms with Gasteiger partial charge in [-0.05, 0) is 24.8 Å². The molecule has 152 valence electrons. The average molecular weight is 407 g/mol. The molecule has 2 rings (SSSR count).